The van der Waals surface area contributed by atoms with Crippen LogP contribution in [0.3, 0.4) is 0 Å². The lowest BCUT2D eigenvalue weighted by Crippen LogP contribution is -2.53. The van der Waals surface area contributed by atoms with E-state index in [0.29, 0.717) is 12.4 Å². The molecule has 0 aliphatic carbocycles. The van der Waals surface area contributed by atoms with Crippen molar-refractivity contribution in [2.75, 3.05) is 20.3 Å². The number of hydrogen-bond acceptors (Lipinski definition) is 4. The van der Waals surface area contributed by atoms with Crippen LogP contribution in [0.5, 0.6) is 11.5 Å². The summed E-state index contributed by atoms with van der Waals surface area (Å²) < 4.78 is 11.2. The Bertz CT molecular complexity index is 420. The highest BCUT2D eigenvalue weighted by Gasteiger charge is 2.25. The van der Waals surface area contributed by atoms with E-state index in [9.17, 15) is 5.11 Å². The molecule has 1 rings (SSSR count). The number of methoxy groups -OCH3 is 1. The largest absolute Gasteiger partial charge is 0.493 e. The molecular weight excluding hydrogens is 254 g/mol. The van der Waals surface area contributed by atoms with E-state index in [4.69, 9.17) is 9.47 Å². The van der Waals surface area contributed by atoms with Gasteiger partial charge in [0.25, 0.3) is 0 Å². The molecule has 20 heavy (non-hydrogen) atoms. The quantitative estimate of drug-likeness (QED) is 0.768. The first-order chi connectivity index (χ1) is 9.44. The topological polar surface area (TPSA) is 50.7 Å². The second kappa shape index (κ2) is 7.50. The maximum absolute atomic E-state index is 9.55. The predicted octanol–water partition coefficient (Wildman–Crippen LogP) is 2.39. The molecule has 2 N–H and O–H groups in total. The van der Waals surface area contributed by atoms with E-state index < -0.39 is 5.54 Å². The summed E-state index contributed by atoms with van der Waals surface area (Å²) in [5, 5.41) is 12.9. The minimum Gasteiger partial charge on any atom is -0.493 e. The third-order valence-corrected chi connectivity index (χ3v) is 3.17. The minimum absolute atomic E-state index is 0.0144. The van der Waals surface area contributed by atoms with Gasteiger partial charge >= 0.3 is 0 Å². The Hall–Kier alpha value is -1.26. The van der Waals surface area contributed by atoms with Gasteiger partial charge in [0.1, 0.15) is 6.61 Å². The Labute approximate surface area is 122 Å². The zero-order chi connectivity index (χ0) is 15.2. The van der Waals surface area contributed by atoms with Gasteiger partial charge in [-0.15, -0.1) is 0 Å². The summed E-state index contributed by atoms with van der Waals surface area (Å²) in [5.74, 6) is 1.43. The maximum Gasteiger partial charge on any atom is 0.161 e. The predicted molar refractivity (Wildman–Crippen MR) is 81.6 cm³/mol. The Kier molecular flexibility index (Phi) is 6.30. The van der Waals surface area contributed by atoms with Gasteiger partial charge in [0.2, 0.25) is 0 Å². The molecule has 0 amide bonds. The zero-order valence-corrected chi connectivity index (χ0v) is 13.2. The van der Waals surface area contributed by atoms with Crippen molar-refractivity contribution in [2.45, 2.75) is 45.7 Å². The van der Waals surface area contributed by atoms with E-state index in [0.717, 1.165) is 12.2 Å². The van der Waals surface area contributed by atoms with E-state index in [1.807, 2.05) is 39.0 Å². The maximum atomic E-state index is 9.55. The number of benzene rings is 1. The first-order valence-electron chi connectivity index (χ1n) is 7.12. The summed E-state index contributed by atoms with van der Waals surface area (Å²) in [6, 6.07) is 6.22. The average Bonchev–Trinajstić information content (AvgIpc) is 2.44. The smallest absolute Gasteiger partial charge is 0.161 e. The Morgan fingerprint density at radius 3 is 2.50 bits per heavy atom. The van der Waals surface area contributed by atoms with Crippen molar-refractivity contribution < 1.29 is 14.6 Å². The first kappa shape index (κ1) is 16.8. The van der Waals surface area contributed by atoms with Crippen LogP contribution in [0, 0.1) is 0 Å². The van der Waals surface area contributed by atoms with Crippen molar-refractivity contribution in [3.05, 3.63) is 23.8 Å². The average molecular weight is 281 g/mol. The minimum atomic E-state index is -0.470. The van der Waals surface area contributed by atoms with Crippen molar-refractivity contribution in [1.29, 1.82) is 0 Å². The summed E-state index contributed by atoms with van der Waals surface area (Å²) in [5.41, 5.74) is 0.738. The Morgan fingerprint density at radius 2 is 2.00 bits per heavy atom. The molecule has 1 aromatic rings. The molecule has 4 nitrogen and oxygen atoms in total. The third-order valence-electron chi connectivity index (χ3n) is 3.17. The molecule has 0 radical (unpaired) electrons. The van der Waals surface area contributed by atoms with Gasteiger partial charge in [-0.3, -0.25) is 0 Å². The van der Waals surface area contributed by atoms with Gasteiger partial charge in [-0.05, 0) is 31.0 Å². The van der Waals surface area contributed by atoms with Gasteiger partial charge in [-0.25, -0.2) is 0 Å². The van der Waals surface area contributed by atoms with E-state index in [2.05, 4.69) is 12.2 Å². The third kappa shape index (κ3) is 4.69. The molecule has 0 aliphatic rings. The van der Waals surface area contributed by atoms with Crippen molar-refractivity contribution >= 4 is 0 Å². The summed E-state index contributed by atoms with van der Waals surface area (Å²) >= 11 is 0. The summed E-state index contributed by atoms with van der Waals surface area (Å²) in [7, 11) is 1.64. The molecular formula is C16H27NO3. The molecule has 1 atom stereocenters. The van der Waals surface area contributed by atoms with Crippen LogP contribution in [0.25, 0.3) is 0 Å². The number of nitrogens with one attached hydrogen (secondary N) is 1. The monoisotopic (exact) mass is 281 g/mol. The van der Waals surface area contributed by atoms with E-state index >= 15 is 0 Å². The standard InChI is InChI=1S/C16H27NO3/c1-6-13-7-8-14(15(9-13)19-5)20-11-16(4,10-18)17-12(2)3/h7-9,12,17-18H,6,10-11H2,1-5H3. The van der Waals surface area contributed by atoms with Crippen LogP contribution in [0.2, 0.25) is 0 Å². The fraction of sp³-hybridized carbons (Fsp3) is 0.625. The molecule has 0 aromatic heterocycles. The number of rotatable bonds is 8. The van der Waals surface area contributed by atoms with Crippen LogP contribution in [0.15, 0.2) is 18.2 Å². The highest BCUT2D eigenvalue weighted by Crippen LogP contribution is 2.29. The molecule has 0 saturated heterocycles. The van der Waals surface area contributed by atoms with Gasteiger partial charge < -0.3 is 19.9 Å². The number of ether oxygens (including phenoxy) is 2. The SMILES string of the molecule is CCc1ccc(OCC(C)(CO)NC(C)C)c(OC)c1. The van der Waals surface area contributed by atoms with Gasteiger partial charge in [-0.1, -0.05) is 26.8 Å². The van der Waals surface area contributed by atoms with Crippen LogP contribution in [0.1, 0.15) is 33.3 Å². The molecule has 0 saturated carbocycles. The summed E-state index contributed by atoms with van der Waals surface area (Å²) in [4.78, 5) is 0. The summed E-state index contributed by atoms with van der Waals surface area (Å²) in [6.45, 7) is 8.53. The molecule has 0 spiro atoms. The Balaban J connectivity index is 2.77. The molecule has 0 heterocycles. The fourth-order valence-corrected chi connectivity index (χ4v) is 2.12. The number of aliphatic hydroxyl groups is 1. The number of aliphatic hydroxyl groups excluding tert-OH is 1. The molecule has 1 unspecified atom stereocenters. The molecule has 4 heteroatoms. The van der Waals surface area contributed by atoms with Crippen LogP contribution >= 0.6 is 0 Å². The Morgan fingerprint density at radius 1 is 1.30 bits per heavy atom. The second-order valence-electron chi connectivity index (χ2n) is 5.65. The van der Waals surface area contributed by atoms with Crippen molar-refractivity contribution in [2.24, 2.45) is 0 Å². The van der Waals surface area contributed by atoms with Crippen LogP contribution in [-0.4, -0.2) is 37.0 Å². The summed E-state index contributed by atoms with van der Waals surface area (Å²) in [6.07, 6.45) is 0.958. The van der Waals surface area contributed by atoms with Crippen molar-refractivity contribution in [3.63, 3.8) is 0 Å². The molecule has 0 aliphatic heterocycles. The molecule has 1 aromatic carbocycles. The molecule has 0 bridgehead atoms. The van der Waals surface area contributed by atoms with Gasteiger partial charge in [0.05, 0.1) is 19.3 Å². The first-order valence-corrected chi connectivity index (χ1v) is 7.12. The van der Waals surface area contributed by atoms with Crippen LogP contribution < -0.4 is 14.8 Å². The molecule has 0 fully saturated rings. The normalized spacial score (nSPS) is 14.2. The van der Waals surface area contributed by atoms with E-state index in [1.165, 1.54) is 5.56 Å². The highest BCUT2D eigenvalue weighted by molar-refractivity contribution is 5.43. The lowest BCUT2D eigenvalue weighted by molar-refractivity contribution is 0.107. The zero-order valence-electron chi connectivity index (χ0n) is 13.2. The lowest BCUT2D eigenvalue weighted by Gasteiger charge is -2.31. The van der Waals surface area contributed by atoms with Crippen molar-refractivity contribution in [1.82, 2.24) is 5.32 Å². The lowest BCUT2D eigenvalue weighted by atomic mass is 10.0. The van der Waals surface area contributed by atoms with E-state index in [1.54, 1.807) is 7.11 Å². The second-order valence-corrected chi connectivity index (χ2v) is 5.65. The number of hydrogen-bond donors (Lipinski definition) is 2. The van der Waals surface area contributed by atoms with Gasteiger partial charge in [-0.2, -0.15) is 0 Å². The fourth-order valence-electron chi connectivity index (χ4n) is 2.12. The number of aryl methyl sites for hydroxylation is 1. The van der Waals surface area contributed by atoms with Crippen LogP contribution in [0.4, 0.5) is 0 Å². The van der Waals surface area contributed by atoms with Crippen LogP contribution in [-0.2, 0) is 6.42 Å². The van der Waals surface area contributed by atoms with Gasteiger partial charge in [0, 0.05) is 6.04 Å². The molecule has 114 valence electrons. The highest BCUT2D eigenvalue weighted by atomic mass is 16.5. The van der Waals surface area contributed by atoms with Gasteiger partial charge in [0.15, 0.2) is 11.5 Å². The van der Waals surface area contributed by atoms with Crippen molar-refractivity contribution in [3.8, 4) is 11.5 Å². The van der Waals surface area contributed by atoms with E-state index in [-0.39, 0.29) is 12.6 Å².